The third-order valence-corrected chi connectivity index (χ3v) is 4.62. The number of carbonyl (C=O) groups excluding carboxylic acids is 1. The molecule has 0 radical (unpaired) electrons. The number of carbonyl (C=O) groups is 1. The third-order valence-electron chi connectivity index (χ3n) is 3.71. The number of aromatic nitrogens is 2. The number of pyridine rings is 1. The highest BCUT2D eigenvalue weighted by atomic mass is 32.1. The average Bonchev–Trinajstić information content (AvgIpc) is 3.12. The molecule has 3 aromatic rings. The highest BCUT2D eigenvalue weighted by molar-refractivity contribution is 7.10. The van der Waals surface area contributed by atoms with Gasteiger partial charge in [-0.3, -0.25) is 9.78 Å². The number of rotatable bonds is 5. The molecule has 0 aliphatic carbocycles. The van der Waals surface area contributed by atoms with E-state index in [0.29, 0.717) is 10.6 Å². The first-order chi connectivity index (χ1) is 12.1. The van der Waals surface area contributed by atoms with Crippen LogP contribution >= 0.6 is 11.3 Å². The number of methoxy groups -OCH3 is 1. The van der Waals surface area contributed by atoms with Crippen molar-refractivity contribution in [1.29, 1.82) is 5.26 Å². The predicted octanol–water partition coefficient (Wildman–Crippen LogP) is 4.01. The second-order valence-electron chi connectivity index (χ2n) is 5.48. The van der Waals surface area contributed by atoms with Crippen LogP contribution in [0.1, 0.15) is 26.8 Å². The molecule has 0 saturated heterocycles. The maximum Gasteiger partial charge on any atom is 0.188 e. The maximum atomic E-state index is 12.6. The van der Waals surface area contributed by atoms with Crippen LogP contribution in [0.5, 0.6) is 5.75 Å². The molecule has 0 aliphatic heterocycles. The first kappa shape index (κ1) is 16.8. The molecule has 6 heteroatoms. The van der Waals surface area contributed by atoms with Gasteiger partial charge >= 0.3 is 0 Å². The molecule has 25 heavy (non-hydrogen) atoms. The number of benzene rings is 1. The van der Waals surface area contributed by atoms with Gasteiger partial charge in [0.05, 0.1) is 18.9 Å². The quantitative estimate of drug-likeness (QED) is 0.651. The second kappa shape index (κ2) is 7.24. The fourth-order valence-electron chi connectivity index (χ4n) is 2.40. The molecule has 0 fully saturated rings. The summed E-state index contributed by atoms with van der Waals surface area (Å²) in [5.41, 5.74) is 2.94. The van der Waals surface area contributed by atoms with E-state index in [9.17, 15) is 10.1 Å². The molecule has 0 saturated carbocycles. The highest BCUT2D eigenvalue weighted by Crippen LogP contribution is 2.29. The number of ether oxygens (including phenoxy) is 1. The van der Waals surface area contributed by atoms with E-state index in [1.54, 1.807) is 19.4 Å². The van der Waals surface area contributed by atoms with Crippen molar-refractivity contribution in [3.05, 3.63) is 64.2 Å². The van der Waals surface area contributed by atoms with E-state index in [2.05, 4.69) is 16.0 Å². The summed E-state index contributed by atoms with van der Waals surface area (Å²) in [6.45, 7) is 1.86. The number of aryl methyl sites for hydroxylation is 1. The zero-order chi connectivity index (χ0) is 17.8. The van der Waals surface area contributed by atoms with Crippen LogP contribution < -0.4 is 4.74 Å². The van der Waals surface area contributed by atoms with Gasteiger partial charge in [0, 0.05) is 28.9 Å². The van der Waals surface area contributed by atoms with Gasteiger partial charge in [-0.2, -0.15) is 5.26 Å². The molecule has 2 heterocycles. The maximum absolute atomic E-state index is 12.6. The van der Waals surface area contributed by atoms with E-state index in [-0.39, 0.29) is 5.78 Å². The molecule has 0 unspecified atom stereocenters. The van der Waals surface area contributed by atoms with Gasteiger partial charge in [-0.15, -0.1) is 11.3 Å². The second-order valence-corrected chi connectivity index (χ2v) is 6.37. The third kappa shape index (κ3) is 3.57. The number of hydrogen-bond acceptors (Lipinski definition) is 6. The Morgan fingerprint density at radius 1 is 1.28 bits per heavy atom. The van der Waals surface area contributed by atoms with Crippen molar-refractivity contribution < 1.29 is 9.53 Å². The molecule has 0 amide bonds. The Kier molecular flexibility index (Phi) is 4.87. The monoisotopic (exact) mass is 349 g/mol. The van der Waals surface area contributed by atoms with E-state index in [4.69, 9.17) is 4.74 Å². The van der Waals surface area contributed by atoms with Crippen LogP contribution in [0.2, 0.25) is 0 Å². The number of Topliss-reactive ketones (excluding diaryl/α,β-unsaturated/α-hetero) is 1. The van der Waals surface area contributed by atoms with Gasteiger partial charge in [0.2, 0.25) is 0 Å². The first-order valence-corrected chi connectivity index (χ1v) is 8.45. The Hall–Kier alpha value is -3.04. The Labute approximate surface area is 149 Å². The SMILES string of the molecule is COc1ccc(-c2csc([C@@H](C#N)C(=O)c3cncc(C)c3)n2)cc1. The number of nitriles is 1. The minimum Gasteiger partial charge on any atom is -0.497 e. The van der Waals surface area contributed by atoms with Crippen LogP contribution in [0.15, 0.2) is 48.1 Å². The van der Waals surface area contributed by atoms with E-state index in [0.717, 1.165) is 22.6 Å². The number of thiazole rings is 1. The molecular formula is C19H15N3O2S. The molecule has 0 bridgehead atoms. The largest absolute Gasteiger partial charge is 0.497 e. The van der Waals surface area contributed by atoms with Gasteiger partial charge < -0.3 is 4.74 Å². The van der Waals surface area contributed by atoms with Crippen LogP contribution in [0.4, 0.5) is 0 Å². The van der Waals surface area contributed by atoms with Gasteiger partial charge in [0.25, 0.3) is 0 Å². The summed E-state index contributed by atoms with van der Waals surface area (Å²) < 4.78 is 5.14. The summed E-state index contributed by atoms with van der Waals surface area (Å²) in [5, 5.41) is 11.8. The standard InChI is InChI=1S/C19H15N3O2S/c1-12-7-14(10-21-9-12)18(23)16(8-20)19-22-17(11-25-19)13-3-5-15(24-2)6-4-13/h3-7,9-11,16H,1-2H3/t16-/m0/s1. The van der Waals surface area contributed by atoms with Crippen molar-refractivity contribution >= 4 is 17.1 Å². The normalized spacial score (nSPS) is 11.6. The minimum atomic E-state index is -0.930. The van der Waals surface area contributed by atoms with Gasteiger partial charge in [0.15, 0.2) is 11.7 Å². The number of hydrogen-bond donors (Lipinski definition) is 0. The smallest absolute Gasteiger partial charge is 0.188 e. The molecule has 2 aromatic heterocycles. The minimum absolute atomic E-state index is 0.283. The van der Waals surface area contributed by atoms with Crippen molar-refractivity contribution in [2.24, 2.45) is 0 Å². The lowest BCUT2D eigenvalue weighted by atomic mass is 10.00. The Morgan fingerprint density at radius 2 is 2.04 bits per heavy atom. The summed E-state index contributed by atoms with van der Waals surface area (Å²) in [6, 6.07) is 11.3. The van der Waals surface area contributed by atoms with E-state index in [1.165, 1.54) is 17.5 Å². The van der Waals surface area contributed by atoms with Crippen LogP contribution in [0.3, 0.4) is 0 Å². The van der Waals surface area contributed by atoms with Crippen molar-refractivity contribution in [3.63, 3.8) is 0 Å². The summed E-state index contributed by atoms with van der Waals surface area (Å²) in [5.74, 6) is -0.453. The van der Waals surface area contributed by atoms with Crippen molar-refractivity contribution in [3.8, 4) is 23.1 Å². The molecule has 1 atom stereocenters. The summed E-state index contributed by atoms with van der Waals surface area (Å²) in [4.78, 5) is 21.2. The van der Waals surface area contributed by atoms with Crippen molar-refractivity contribution in [2.45, 2.75) is 12.8 Å². The van der Waals surface area contributed by atoms with E-state index < -0.39 is 5.92 Å². The number of nitrogens with zero attached hydrogens (tertiary/aromatic N) is 3. The fraction of sp³-hybridized carbons (Fsp3) is 0.158. The topological polar surface area (TPSA) is 75.9 Å². The molecule has 5 nitrogen and oxygen atoms in total. The summed E-state index contributed by atoms with van der Waals surface area (Å²) in [6.07, 6.45) is 3.15. The molecule has 0 spiro atoms. The van der Waals surface area contributed by atoms with Crippen molar-refractivity contribution in [1.82, 2.24) is 9.97 Å². The summed E-state index contributed by atoms with van der Waals surface area (Å²) >= 11 is 1.31. The Bertz CT molecular complexity index is 942. The van der Waals surface area contributed by atoms with E-state index >= 15 is 0 Å². The lowest BCUT2D eigenvalue weighted by molar-refractivity contribution is 0.0978. The van der Waals surface area contributed by atoms with Gasteiger partial charge in [-0.05, 0) is 42.8 Å². The Balaban J connectivity index is 1.88. The van der Waals surface area contributed by atoms with E-state index in [1.807, 2.05) is 36.6 Å². The Morgan fingerprint density at radius 3 is 2.68 bits per heavy atom. The molecule has 0 N–H and O–H groups in total. The van der Waals surface area contributed by atoms with Crippen LogP contribution in [0.25, 0.3) is 11.3 Å². The molecule has 1 aromatic carbocycles. The average molecular weight is 349 g/mol. The molecular weight excluding hydrogens is 334 g/mol. The zero-order valence-corrected chi connectivity index (χ0v) is 14.6. The number of ketones is 1. The zero-order valence-electron chi connectivity index (χ0n) is 13.8. The predicted molar refractivity (Wildman–Crippen MR) is 95.8 cm³/mol. The van der Waals surface area contributed by atoms with Gasteiger partial charge in [-0.25, -0.2) is 4.98 Å². The molecule has 3 rings (SSSR count). The lowest BCUT2D eigenvalue weighted by Gasteiger charge is -2.05. The van der Waals surface area contributed by atoms with Crippen LogP contribution in [-0.2, 0) is 0 Å². The van der Waals surface area contributed by atoms with Crippen LogP contribution in [0, 0.1) is 18.3 Å². The van der Waals surface area contributed by atoms with Crippen LogP contribution in [-0.4, -0.2) is 22.9 Å². The van der Waals surface area contributed by atoms with Crippen molar-refractivity contribution in [2.75, 3.05) is 7.11 Å². The summed E-state index contributed by atoms with van der Waals surface area (Å²) in [7, 11) is 1.61. The highest BCUT2D eigenvalue weighted by Gasteiger charge is 2.25. The molecule has 0 aliphatic rings. The molecule has 124 valence electrons. The van der Waals surface area contributed by atoms with Gasteiger partial charge in [-0.1, -0.05) is 0 Å². The fourth-order valence-corrected chi connectivity index (χ4v) is 3.26. The first-order valence-electron chi connectivity index (χ1n) is 7.57. The van der Waals surface area contributed by atoms with Gasteiger partial charge in [0.1, 0.15) is 10.8 Å². The lowest BCUT2D eigenvalue weighted by Crippen LogP contribution is -2.11.